The van der Waals surface area contributed by atoms with E-state index in [1.54, 1.807) is 6.08 Å². The molecule has 7 heteroatoms. The highest BCUT2D eigenvalue weighted by Crippen LogP contribution is 2.33. The Morgan fingerprint density at radius 3 is 2.47 bits per heavy atom. The summed E-state index contributed by atoms with van der Waals surface area (Å²) in [7, 11) is 0. The number of hydrogen-bond acceptors (Lipinski definition) is 5. The summed E-state index contributed by atoms with van der Waals surface area (Å²) in [6.45, 7) is 7.36. The quantitative estimate of drug-likeness (QED) is 0.558. The molecule has 2 aromatic rings. The lowest BCUT2D eigenvalue weighted by Gasteiger charge is -2.29. The first-order chi connectivity index (χ1) is 14.5. The van der Waals surface area contributed by atoms with E-state index in [2.05, 4.69) is 39.7 Å². The number of aryl methyl sites for hydroxylation is 1. The van der Waals surface area contributed by atoms with Crippen molar-refractivity contribution in [1.82, 2.24) is 9.47 Å². The number of imide groups is 1. The minimum absolute atomic E-state index is 0.00345. The molecule has 2 amide bonds. The molecular weight excluding hydrogens is 398 g/mol. The minimum atomic E-state index is -0.331. The molecule has 4 rings (SSSR count). The van der Waals surface area contributed by atoms with Crippen LogP contribution in [0.2, 0.25) is 0 Å². The fraction of sp³-hybridized carbons (Fsp3) is 0.304. The van der Waals surface area contributed by atoms with Gasteiger partial charge in [-0.25, -0.2) is 0 Å². The standard InChI is InChI=1S/C23H23N3O3S/c1-4-9-25-22(27)21(30-23(25)28)15-18-14-16(2)26(17(18)3)20-7-5-19(6-8-20)24-10-12-29-13-11-24/h1,5-8,14-15H,9-13H2,2-3H3/b21-15-. The highest BCUT2D eigenvalue weighted by molar-refractivity contribution is 8.18. The lowest BCUT2D eigenvalue weighted by Crippen LogP contribution is -2.36. The van der Waals surface area contributed by atoms with Gasteiger partial charge < -0.3 is 14.2 Å². The molecule has 0 atom stereocenters. The zero-order valence-corrected chi connectivity index (χ0v) is 17.9. The van der Waals surface area contributed by atoms with Crippen LogP contribution in [0.3, 0.4) is 0 Å². The van der Waals surface area contributed by atoms with Crippen LogP contribution in [0.15, 0.2) is 35.2 Å². The third kappa shape index (κ3) is 3.76. The minimum Gasteiger partial charge on any atom is -0.378 e. The molecule has 0 spiro atoms. The van der Waals surface area contributed by atoms with Gasteiger partial charge in [0, 0.05) is 35.9 Å². The summed E-state index contributed by atoms with van der Waals surface area (Å²) in [5.41, 5.74) is 5.22. The zero-order valence-electron chi connectivity index (χ0n) is 17.1. The van der Waals surface area contributed by atoms with E-state index in [0.29, 0.717) is 4.91 Å². The number of anilines is 1. The van der Waals surface area contributed by atoms with E-state index in [0.717, 1.165) is 65.6 Å². The highest BCUT2D eigenvalue weighted by atomic mass is 32.2. The fourth-order valence-electron chi connectivity index (χ4n) is 3.83. The van der Waals surface area contributed by atoms with Gasteiger partial charge in [0.05, 0.1) is 24.7 Å². The van der Waals surface area contributed by atoms with Crippen molar-refractivity contribution < 1.29 is 14.3 Å². The third-order valence-corrected chi connectivity index (χ3v) is 6.27. The number of amides is 2. The summed E-state index contributed by atoms with van der Waals surface area (Å²) in [4.78, 5) is 28.3. The number of thioether (sulfide) groups is 1. The number of aromatic nitrogens is 1. The van der Waals surface area contributed by atoms with E-state index in [4.69, 9.17) is 11.2 Å². The summed E-state index contributed by atoms with van der Waals surface area (Å²) in [5.74, 6) is 2.03. The maximum absolute atomic E-state index is 12.5. The van der Waals surface area contributed by atoms with Crippen LogP contribution >= 0.6 is 11.8 Å². The zero-order chi connectivity index (χ0) is 21.3. The number of rotatable bonds is 4. The van der Waals surface area contributed by atoms with Crippen molar-refractivity contribution in [1.29, 1.82) is 0 Å². The Kier molecular flexibility index (Phi) is 5.71. The average molecular weight is 422 g/mol. The lowest BCUT2D eigenvalue weighted by molar-refractivity contribution is -0.122. The van der Waals surface area contributed by atoms with Crippen LogP contribution in [0.1, 0.15) is 17.0 Å². The Morgan fingerprint density at radius 2 is 1.80 bits per heavy atom. The Labute approximate surface area is 180 Å². The van der Waals surface area contributed by atoms with Gasteiger partial charge in [-0.2, -0.15) is 0 Å². The van der Waals surface area contributed by atoms with Crippen molar-refractivity contribution in [3.8, 4) is 18.0 Å². The van der Waals surface area contributed by atoms with E-state index >= 15 is 0 Å². The summed E-state index contributed by atoms with van der Waals surface area (Å²) in [5, 5.41) is -0.322. The van der Waals surface area contributed by atoms with Crippen LogP contribution in [0.4, 0.5) is 10.5 Å². The summed E-state index contributed by atoms with van der Waals surface area (Å²) in [6.07, 6.45) is 7.04. The molecule has 0 radical (unpaired) electrons. The average Bonchev–Trinajstić information content (AvgIpc) is 3.18. The van der Waals surface area contributed by atoms with Gasteiger partial charge in [0.15, 0.2) is 0 Å². The van der Waals surface area contributed by atoms with Gasteiger partial charge in [-0.15, -0.1) is 6.42 Å². The molecule has 30 heavy (non-hydrogen) atoms. The van der Waals surface area contributed by atoms with Crippen molar-refractivity contribution in [2.24, 2.45) is 0 Å². The van der Waals surface area contributed by atoms with Crippen molar-refractivity contribution in [2.45, 2.75) is 13.8 Å². The number of morpholine rings is 1. The first-order valence-corrected chi connectivity index (χ1v) is 10.6. The normalized spacial score (nSPS) is 18.4. The molecular formula is C23H23N3O3S. The van der Waals surface area contributed by atoms with Gasteiger partial charge in [-0.3, -0.25) is 14.5 Å². The molecule has 6 nitrogen and oxygen atoms in total. The van der Waals surface area contributed by atoms with Crippen LogP contribution in [0.25, 0.3) is 11.8 Å². The molecule has 3 heterocycles. The molecule has 0 N–H and O–H groups in total. The number of hydrogen-bond donors (Lipinski definition) is 0. The molecule has 2 aliphatic rings. The van der Waals surface area contributed by atoms with Gasteiger partial charge in [0.2, 0.25) is 0 Å². The van der Waals surface area contributed by atoms with Crippen molar-refractivity contribution in [2.75, 3.05) is 37.7 Å². The van der Waals surface area contributed by atoms with E-state index in [1.807, 2.05) is 19.9 Å². The number of carbonyl (C=O) groups excluding carboxylic acids is 2. The Morgan fingerprint density at radius 1 is 1.13 bits per heavy atom. The molecule has 1 aromatic carbocycles. The number of nitrogens with zero attached hydrogens (tertiary/aromatic N) is 3. The van der Waals surface area contributed by atoms with E-state index < -0.39 is 0 Å². The van der Waals surface area contributed by atoms with Gasteiger partial charge in [-0.1, -0.05) is 5.92 Å². The molecule has 2 saturated heterocycles. The van der Waals surface area contributed by atoms with Gasteiger partial charge in [-0.05, 0) is 67.6 Å². The fourth-order valence-corrected chi connectivity index (χ4v) is 4.66. The Bertz CT molecular complexity index is 1060. The highest BCUT2D eigenvalue weighted by Gasteiger charge is 2.34. The van der Waals surface area contributed by atoms with E-state index in [9.17, 15) is 9.59 Å². The Hall–Kier alpha value is -2.95. The molecule has 0 bridgehead atoms. The van der Waals surface area contributed by atoms with Gasteiger partial charge in [0.1, 0.15) is 0 Å². The summed E-state index contributed by atoms with van der Waals surface area (Å²) < 4.78 is 7.58. The first-order valence-electron chi connectivity index (χ1n) is 9.80. The first kappa shape index (κ1) is 20.3. The largest absolute Gasteiger partial charge is 0.378 e. The van der Waals surface area contributed by atoms with Crippen molar-refractivity contribution in [3.63, 3.8) is 0 Å². The molecule has 2 aliphatic heterocycles. The van der Waals surface area contributed by atoms with Crippen molar-refractivity contribution >= 4 is 34.7 Å². The molecule has 154 valence electrons. The predicted octanol–water partition coefficient (Wildman–Crippen LogP) is 3.60. The van der Waals surface area contributed by atoms with Crippen LogP contribution in [0.5, 0.6) is 0 Å². The monoisotopic (exact) mass is 421 g/mol. The third-order valence-electron chi connectivity index (χ3n) is 5.36. The Balaban J connectivity index is 1.61. The molecule has 2 fully saturated rings. The van der Waals surface area contributed by atoms with E-state index in [1.165, 1.54) is 5.69 Å². The van der Waals surface area contributed by atoms with Crippen LogP contribution in [-0.4, -0.2) is 53.5 Å². The number of terminal acetylenes is 1. The van der Waals surface area contributed by atoms with Crippen molar-refractivity contribution in [3.05, 3.63) is 52.2 Å². The molecule has 0 aliphatic carbocycles. The second-order valence-electron chi connectivity index (χ2n) is 7.25. The SMILES string of the molecule is C#CCN1C(=O)S/C(=C\c2cc(C)n(-c3ccc(N4CCOCC4)cc3)c2C)C1=O. The van der Waals surface area contributed by atoms with Crippen LogP contribution in [-0.2, 0) is 9.53 Å². The van der Waals surface area contributed by atoms with Crippen LogP contribution < -0.4 is 4.90 Å². The maximum Gasteiger partial charge on any atom is 0.294 e. The maximum atomic E-state index is 12.5. The lowest BCUT2D eigenvalue weighted by atomic mass is 10.2. The number of carbonyl (C=O) groups is 2. The second-order valence-corrected chi connectivity index (χ2v) is 8.24. The summed E-state index contributed by atoms with van der Waals surface area (Å²) in [6, 6.07) is 10.5. The number of ether oxygens (including phenoxy) is 1. The molecule has 1 aromatic heterocycles. The smallest absolute Gasteiger partial charge is 0.294 e. The van der Waals surface area contributed by atoms with Gasteiger partial charge in [0.25, 0.3) is 11.1 Å². The number of benzene rings is 1. The molecule has 0 unspecified atom stereocenters. The molecule has 0 saturated carbocycles. The van der Waals surface area contributed by atoms with Gasteiger partial charge >= 0.3 is 0 Å². The summed E-state index contributed by atoms with van der Waals surface area (Å²) >= 11 is 0.932. The second kappa shape index (κ2) is 8.42. The van der Waals surface area contributed by atoms with Crippen LogP contribution in [0, 0.1) is 26.2 Å². The predicted molar refractivity (Wildman–Crippen MR) is 120 cm³/mol. The van der Waals surface area contributed by atoms with E-state index in [-0.39, 0.29) is 17.7 Å². The topological polar surface area (TPSA) is 54.8 Å².